The standard InChI is InChI=1S/C12H17N3O3/c1-12(2,3)10(13)11(16)14-8-5-4-6-9(7-8)15(17)18/h4-7,10H,13H2,1-3H3,(H,14,16). The van der Waals surface area contributed by atoms with E-state index in [9.17, 15) is 14.9 Å². The van der Waals surface area contributed by atoms with E-state index < -0.39 is 11.0 Å². The maximum atomic E-state index is 11.8. The number of nitro groups is 1. The normalized spacial score (nSPS) is 12.9. The third kappa shape index (κ3) is 3.53. The quantitative estimate of drug-likeness (QED) is 0.633. The van der Waals surface area contributed by atoms with Gasteiger partial charge in [0.05, 0.1) is 11.0 Å². The van der Waals surface area contributed by atoms with Crippen molar-refractivity contribution in [1.82, 2.24) is 0 Å². The van der Waals surface area contributed by atoms with Crippen LogP contribution in [0.2, 0.25) is 0 Å². The first-order chi connectivity index (χ1) is 8.21. The molecule has 0 aliphatic carbocycles. The average Bonchev–Trinajstić information content (AvgIpc) is 2.27. The van der Waals surface area contributed by atoms with Crippen LogP contribution in [0.3, 0.4) is 0 Å². The molecule has 1 atom stereocenters. The Balaban J connectivity index is 2.82. The van der Waals surface area contributed by atoms with Crippen molar-refractivity contribution < 1.29 is 9.72 Å². The lowest BCUT2D eigenvalue weighted by molar-refractivity contribution is -0.384. The summed E-state index contributed by atoms with van der Waals surface area (Å²) in [6, 6.07) is 5.07. The molecule has 0 bridgehead atoms. The van der Waals surface area contributed by atoms with Crippen molar-refractivity contribution in [2.24, 2.45) is 11.1 Å². The zero-order chi connectivity index (χ0) is 13.9. The van der Waals surface area contributed by atoms with Gasteiger partial charge in [0.1, 0.15) is 0 Å². The Bertz CT molecular complexity index is 466. The van der Waals surface area contributed by atoms with Crippen LogP contribution >= 0.6 is 0 Å². The number of amides is 1. The van der Waals surface area contributed by atoms with Crippen molar-refractivity contribution in [3.05, 3.63) is 34.4 Å². The van der Waals surface area contributed by atoms with Gasteiger partial charge in [-0.25, -0.2) is 0 Å². The number of anilines is 1. The molecular formula is C12H17N3O3. The molecule has 1 aromatic carbocycles. The number of nitro benzene ring substituents is 1. The minimum absolute atomic E-state index is 0.0721. The Morgan fingerprint density at radius 3 is 2.56 bits per heavy atom. The molecule has 1 amide bonds. The van der Waals surface area contributed by atoms with Gasteiger partial charge < -0.3 is 11.1 Å². The number of carbonyl (C=O) groups is 1. The Hall–Kier alpha value is -1.95. The summed E-state index contributed by atoms with van der Waals surface area (Å²) in [4.78, 5) is 21.9. The predicted molar refractivity (Wildman–Crippen MR) is 69.2 cm³/mol. The molecule has 98 valence electrons. The zero-order valence-corrected chi connectivity index (χ0v) is 10.6. The van der Waals surface area contributed by atoms with Gasteiger partial charge >= 0.3 is 0 Å². The smallest absolute Gasteiger partial charge is 0.271 e. The maximum absolute atomic E-state index is 11.8. The molecule has 1 unspecified atom stereocenters. The highest BCUT2D eigenvalue weighted by Crippen LogP contribution is 2.21. The number of non-ortho nitro benzene ring substituents is 1. The fourth-order valence-corrected chi connectivity index (χ4v) is 1.31. The molecule has 6 heteroatoms. The number of rotatable bonds is 3. The van der Waals surface area contributed by atoms with Gasteiger partial charge in [0, 0.05) is 17.8 Å². The van der Waals surface area contributed by atoms with Crippen molar-refractivity contribution in [3.63, 3.8) is 0 Å². The van der Waals surface area contributed by atoms with Gasteiger partial charge in [-0.05, 0) is 11.5 Å². The highest BCUT2D eigenvalue weighted by atomic mass is 16.6. The average molecular weight is 251 g/mol. The number of hydrogen-bond donors (Lipinski definition) is 2. The largest absolute Gasteiger partial charge is 0.324 e. The summed E-state index contributed by atoms with van der Waals surface area (Å²) in [7, 11) is 0. The predicted octanol–water partition coefficient (Wildman–Crippen LogP) is 1.91. The first kappa shape index (κ1) is 14.1. The fourth-order valence-electron chi connectivity index (χ4n) is 1.31. The number of nitrogens with zero attached hydrogens (tertiary/aromatic N) is 1. The molecule has 0 heterocycles. The van der Waals surface area contributed by atoms with E-state index in [0.717, 1.165) is 0 Å². The van der Waals surface area contributed by atoms with Crippen LogP contribution in [0.4, 0.5) is 11.4 Å². The lowest BCUT2D eigenvalue weighted by Crippen LogP contribution is -2.45. The van der Waals surface area contributed by atoms with Crippen LogP contribution in [0.1, 0.15) is 20.8 Å². The molecule has 0 fully saturated rings. The molecule has 6 nitrogen and oxygen atoms in total. The number of carbonyl (C=O) groups excluding carboxylic acids is 1. The second kappa shape index (κ2) is 5.14. The van der Waals surface area contributed by atoms with E-state index in [1.54, 1.807) is 6.07 Å². The summed E-state index contributed by atoms with van der Waals surface area (Å²) in [6.45, 7) is 5.56. The second-order valence-corrected chi connectivity index (χ2v) is 5.14. The van der Waals surface area contributed by atoms with Crippen LogP contribution in [0.5, 0.6) is 0 Å². The van der Waals surface area contributed by atoms with Gasteiger partial charge in [0.25, 0.3) is 5.69 Å². The zero-order valence-electron chi connectivity index (χ0n) is 10.6. The SMILES string of the molecule is CC(C)(C)C(N)C(=O)Nc1cccc([N+](=O)[O-])c1. The van der Waals surface area contributed by atoms with Gasteiger partial charge in [-0.1, -0.05) is 26.8 Å². The first-order valence-electron chi connectivity index (χ1n) is 5.52. The lowest BCUT2D eigenvalue weighted by Gasteiger charge is -2.25. The molecule has 0 aliphatic heterocycles. The lowest BCUT2D eigenvalue weighted by atomic mass is 9.87. The van der Waals surface area contributed by atoms with E-state index in [0.29, 0.717) is 5.69 Å². The summed E-state index contributed by atoms with van der Waals surface area (Å²) in [5.74, 6) is -0.358. The minimum atomic E-state index is -0.684. The summed E-state index contributed by atoms with van der Waals surface area (Å²) in [5.41, 5.74) is 5.72. The Morgan fingerprint density at radius 1 is 1.44 bits per heavy atom. The van der Waals surface area contributed by atoms with Crippen LogP contribution < -0.4 is 11.1 Å². The number of benzene rings is 1. The van der Waals surface area contributed by atoms with E-state index in [-0.39, 0.29) is 17.0 Å². The minimum Gasteiger partial charge on any atom is -0.324 e. The molecule has 0 spiro atoms. The first-order valence-corrected chi connectivity index (χ1v) is 5.52. The molecule has 0 aliphatic rings. The van der Waals surface area contributed by atoms with Crippen molar-refractivity contribution >= 4 is 17.3 Å². The summed E-state index contributed by atoms with van der Waals surface area (Å²) < 4.78 is 0. The van der Waals surface area contributed by atoms with Crippen molar-refractivity contribution in [2.45, 2.75) is 26.8 Å². The number of nitrogens with two attached hydrogens (primary N) is 1. The van der Waals surface area contributed by atoms with Crippen LogP contribution in [-0.4, -0.2) is 16.9 Å². The third-order valence-electron chi connectivity index (χ3n) is 2.54. The van der Waals surface area contributed by atoms with Crippen molar-refractivity contribution in [1.29, 1.82) is 0 Å². The van der Waals surface area contributed by atoms with Gasteiger partial charge in [-0.15, -0.1) is 0 Å². The Morgan fingerprint density at radius 2 is 2.06 bits per heavy atom. The molecular weight excluding hydrogens is 234 g/mol. The van der Waals surface area contributed by atoms with Crippen LogP contribution in [-0.2, 0) is 4.79 Å². The third-order valence-corrected chi connectivity index (χ3v) is 2.54. The van der Waals surface area contributed by atoms with E-state index in [1.165, 1.54) is 18.2 Å². The monoisotopic (exact) mass is 251 g/mol. The second-order valence-electron chi connectivity index (χ2n) is 5.14. The van der Waals surface area contributed by atoms with E-state index in [2.05, 4.69) is 5.32 Å². The maximum Gasteiger partial charge on any atom is 0.271 e. The Labute approximate surface area is 105 Å². The highest BCUT2D eigenvalue weighted by molar-refractivity contribution is 5.95. The molecule has 0 radical (unpaired) electrons. The molecule has 1 aromatic rings. The van der Waals surface area contributed by atoms with Gasteiger partial charge in [0.2, 0.25) is 5.91 Å². The number of hydrogen-bond acceptors (Lipinski definition) is 4. The fraction of sp³-hybridized carbons (Fsp3) is 0.417. The van der Waals surface area contributed by atoms with E-state index >= 15 is 0 Å². The molecule has 0 aromatic heterocycles. The molecule has 1 rings (SSSR count). The summed E-state index contributed by atoms with van der Waals surface area (Å²) in [6.07, 6.45) is 0. The summed E-state index contributed by atoms with van der Waals surface area (Å²) >= 11 is 0. The van der Waals surface area contributed by atoms with Crippen molar-refractivity contribution in [2.75, 3.05) is 5.32 Å². The molecule has 0 saturated carbocycles. The topological polar surface area (TPSA) is 98.3 Å². The number of nitrogens with one attached hydrogen (secondary N) is 1. The Kier molecular flexibility index (Phi) is 4.03. The van der Waals surface area contributed by atoms with Gasteiger partial charge in [-0.3, -0.25) is 14.9 Å². The molecule has 0 saturated heterocycles. The highest BCUT2D eigenvalue weighted by Gasteiger charge is 2.27. The molecule has 3 N–H and O–H groups in total. The molecule has 18 heavy (non-hydrogen) atoms. The van der Waals surface area contributed by atoms with Crippen LogP contribution in [0, 0.1) is 15.5 Å². The van der Waals surface area contributed by atoms with Gasteiger partial charge in [-0.2, -0.15) is 0 Å². The van der Waals surface area contributed by atoms with Crippen molar-refractivity contribution in [3.8, 4) is 0 Å². The van der Waals surface area contributed by atoms with E-state index in [4.69, 9.17) is 5.73 Å². The van der Waals surface area contributed by atoms with Crippen LogP contribution in [0.25, 0.3) is 0 Å². The van der Waals surface area contributed by atoms with Gasteiger partial charge in [0.15, 0.2) is 0 Å². The summed E-state index contributed by atoms with van der Waals surface area (Å²) in [5, 5.41) is 13.2. The van der Waals surface area contributed by atoms with Crippen LogP contribution in [0.15, 0.2) is 24.3 Å². The van der Waals surface area contributed by atoms with E-state index in [1.807, 2.05) is 20.8 Å².